The smallest absolute Gasteiger partial charge is 0.167 e. The van der Waals surface area contributed by atoms with Crippen LogP contribution in [0, 0.1) is 0 Å². The number of aromatic nitrogens is 1. The average Bonchev–Trinajstić information content (AvgIpc) is 3.48. The van der Waals surface area contributed by atoms with Crippen LogP contribution >= 0.6 is 0 Å². The third-order valence-electron chi connectivity index (χ3n) is 7.39. The minimum absolute atomic E-state index is 0.755. The third kappa shape index (κ3) is 12.4. The molecule has 0 aliphatic heterocycles. The molecule has 0 aliphatic rings. The van der Waals surface area contributed by atoms with Gasteiger partial charge in [-0.25, -0.2) is 0 Å². The van der Waals surface area contributed by atoms with Gasteiger partial charge in [-0.3, -0.25) is 0 Å². The lowest BCUT2D eigenvalue weighted by atomic mass is 10.1. The molecule has 4 heteroatoms. The van der Waals surface area contributed by atoms with E-state index in [-0.39, 0.29) is 0 Å². The van der Waals surface area contributed by atoms with Gasteiger partial charge in [0.2, 0.25) is 0 Å². The van der Waals surface area contributed by atoms with Gasteiger partial charge in [0.05, 0.1) is 13.2 Å². The van der Waals surface area contributed by atoms with Crippen LogP contribution in [0.3, 0.4) is 0 Å². The lowest BCUT2D eigenvalue weighted by molar-refractivity contribution is 0.304. The van der Waals surface area contributed by atoms with Gasteiger partial charge in [0.25, 0.3) is 0 Å². The summed E-state index contributed by atoms with van der Waals surface area (Å²) in [5, 5.41) is 4.29. The molecule has 3 rings (SSSR count). The Balaban J connectivity index is 1.32. The summed E-state index contributed by atoms with van der Waals surface area (Å²) in [6, 6.07) is 18.2. The molecular formula is C36H51NO3. The van der Waals surface area contributed by atoms with Crippen molar-refractivity contribution >= 4 is 0 Å². The second-order valence-corrected chi connectivity index (χ2v) is 10.8. The molecule has 4 nitrogen and oxygen atoms in total. The first-order chi connectivity index (χ1) is 19.8. The van der Waals surface area contributed by atoms with Gasteiger partial charge in [-0.2, -0.15) is 0 Å². The molecule has 0 bridgehead atoms. The number of nitrogens with zero attached hydrogens (tertiary/aromatic N) is 1. The number of ether oxygens (including phenoxy) is 2. The van der Waals surface area contributed by atoms with E-state index < -0.39 is 0 Å². The van der Waals surface area contributed by atoms with Crippen molar-refractivity contribution < 1.29 is 14.0 Å². The topological polar surface area (TPSA) is 44.5 Å². The van der Waals surface area contributed by atoms with Gasteiger partial charge in [-0.05, 0) is 74.2 Å². The number of benzene rings is 2. The molecule has 0 atom stereocenters. The van der Waals surface area contributed by atoms with Crippen LogP contribution in [0.1, 0.15) is 110 Å². The third-order valence-corrected chi connectivity index (χ3v) is 7.39. The van der Waals surface area contributed by atoms with Crippen LogP contribution in [0.25, 0.3) is 22.6 Å². The van der Waals surface area contributed by atoms with E-state index in [2.05, 4.69) is 18.7 Å². The molecule has 0 radical (unpaired) electrons. The Labute approximate surface area is 243 Å². The quantitative estimate of drug-likeness (QED) is 0.0878. The molecule has 0 saturated carbocycles. The van der Waals surface area contributed by atoms with Crippen molar-refractivity contribution in [3.8, 4) is 34.1 Å². The first-order valence-electron chi connectivity index (χ1n) is 15.8. The minimum atomic E-state index is 0.755. The minimum Gasteiger partial charge on any atom is -0.494 e. The lowest BCUT2D eigenvalue weighted by Crippen LogP contribution is -1.97. The number of hydrogen-bond donors (Lipinski definition) is 0. The molecule has 0 amide bonds. The molecule has 0 aliphatic carbocycles. The molecule has 0 saturated heterocycles. The Hall–Kier alpha value is -3.01. The fraction of sp³-hybridized carbons (Fsp3) is 0.528. The van der Waals surface area contributed by atoms with Gasteiger partial charge in [-0.15, -0.1) is 6.58 Å². The number of unbranched alkanes of at least 4 members (excludes halogenated alkanes) is 14. The van der Waals surface area contributed by atoms with Crippen molar-refractivity contribution in [3.63, 3.8) is 0 Å². The Morgan fingerprint density at radius 1 is 0.625 bits per heavy atom. The summed E-state index contributed by atoms with van der Waals surface area (Å²) < 4.78 is 17.5. The van der Waals surface area contributed by atoms with E-state index in [1.54, 1.807) is 0 Å². The van der Waals surface area contributed by atoms with Gasteiger partial charge in [0.1, 0.15) is 17.2 Å². The zero-order valence-corrected chi connectivity index (χ0v) is 24.9. The highest BCUT2D eigenvalue weighted by Crippen LogP contribution is 2.28. The van der Waals surface area contributed by atoms with E-state index in [9.17, 15) is 0 Å². The molecule has 0 spiro atoms. The van der Waals surface area contributed by atoms with Crippen molar-refractivity contribution in [1.82, 2.24) is 5.16 Å². The first-order valence-corrected chi connectivity index (χ1v) is 15.8. The van der Waals surface area contributed by atoms with E-state index in [0.29, 0.717) is 0 Å². The monoisotopic (exact) mass is 545 g/mol. The maximum atomic E-state index is 5.94. The van der Waals surface area contributed by atoms with Crippen LogP contribution in [0.2, 0.25) is 0 Å². The average molecular weight is 546 g/mol. The molecular weight excluding hydrogens is 494 g/mol. The Morgan fingerprint density at radius 3 is 1.62 bits per heavy atom. The van der Waals surface area contributed by atoms with E-state index in [4.69, 9.17) is 14.0 Å². The predicted molar refractivity (Wildman–Crippen MR) is 168 cm³/mol. The second kappa shape index (κ2) is 20.0. The molecule has 40 heavy (non-hydrogen) atoms. The molecule has 3 aromatic rings. The van der Waals surface area contributed by atoms with Crippen LogP contribution in [-0.4, -0.2) is 18.4 Å². The summed E-state index contributed by atoms with van der Waals surface area (Å²) >= 11 is 0. The molecule has 0 unspecified atom stereocenters. The van der Waals surface area contributed by atoms with E-state index in [1.807, 2.05) is 60.7 Å². The van der Waals surface area contributed by atoms with Crippen molar-refractivity contribution in [3.05, 3.63) is 67.3 Å². The number of rotatable bonds is 23. The van der Waals surface area contributed by atoms with Crippen LogP contribution < -0.4 is 9.47 Å². The summed E-state index contributed by atoms with van der Waals surface area (Å²) in [7, 11) is 0. The maximum Gasteiger partial charge on any atom is 0.167 e. The second-order valence-electron chi connectivity index (χ2n) is 10.8. The summed E-state index contributed by atoms with van der Waals surface area (Å²) in [5.74, 6) is 2.56. The van der Waals surface area contributed by atoms with Crippen molar-refractivity contribution in [2.45, 2.75) is 110 Å². The van der Waals surface area contributed by atoms with Crippen LogP contribution in [0.15, 0.2) is 71.8 Å². The van der Waals surface area contributed by atoms with Crippen LogP contribution in [0.5, 0.6) is 11.5 Å². The zero-order chi connectivity index (χ0) is 28.1. The normalized spacial score (nSPS) is 11.0. The SMILES string of the molecule is C=CCCCCCCCCCOc1ccc(-c2cc(-c3ccc(OCCCCCCCCCC)cc3)on2)cc1. The van der Waals surface area contributed by atoms with Gasteiger partial charge in [0, 0.05) is 17.2 Å². The molecule has 0 fully saturated rings. The van der Waals surface area contributed by atoms with Crippen LogP contribution in [0.4, 0.5) is 0 Å². The van der Waals surface area contributed by atoms with Crippen molar-refractivity contribution in [2.24, 2.45) is 0 Å². The van der Waals surface area contributed by atoms with Gasteiger partial charge >= 0.3 is 0 Å². The van der Waals surface area contributed by atoms with E-state index in [1.165, 1.54) is 83.5 Å². The number of allylic oxidation sites excluding steroid dienone is 1. The highest BCUT2D eigenvalue weighted by atomic mass is 16.5. The molecule has 0 N–H and O–H groups in total. The summed E-state index contributed by atoms with van der Waals surface area (Å²) in [4.78, 5) is 0. The number of hydrogen-bond acceptors (Lipinski definition) is 4. The Morgan fingerprint density at radius 2 is 1.10 bits per heavy atom. The van der Waals surface area contributed by atoms with Crippen molar-refractivity contribution in [2.75, 3.05) is 13.2 Å². The maximum absolute atomic E-state index is 5.94. The molecule has 218 valence electrons. The fourth-order valence-electron chi connectivity index (χ4n) is 4.88. The molecule has 1 aromatic heterocycles. The van der Waals surface area contributed by atoms with E-state index >= 15 is 0 Å². The largest absolute Gasteiger partial charge is 0.494 e. The summed E-state index contributed by atoms with van der Waals surface area (Å²) in [6.45, 7) is 7.59. The molecule has 1 heterocycles. The Kier molecular flexibility index (Phi) is 15.7. The lowest BCUT2D eigenvalue weighted by Gasteiger charge is -2.07. The van der Waals surface area contributed by atoms with Gasteiger partial charge < -0.3 is 14.0 Å². The van der Waals surface area contributed by atoms with Gasteiger partial charge in [0.15, 0.2) is 5.76 Å². The van der Waals surface area contributed by atoms with Gasteiger partial charge in [-0.1, -0.05) is 95.2 Å². The molecule has 2 aromatic carbocycles. The first kappa shape index (κ1) is 31.5. The summed E-state index contributed by atoms with van der Waals surface area (Å²) in [6.07, 6.45) is 22.5. The highest BCUT2D eigenvalue weighted by Gasteiger charge is 2.09. The van der Waals surface area contributed by atoms with Crippen LogP contribution in [-0.2, 0) is 0 Å². The predicted octanol–water partition coefficient (Wildman–Crippen LogP) is 11.2. The van der Waals surface area contributed by atoms with Crippen molar-refractivity contribution in [1.29, 1.82) is 0 Å². The summed E-state index contributed by atoms with van der Waals surface area (Å²) in [5.41, 5.74) is 2.84. The standard InChI is InChI=1S/C36H51NO3/c1-3-5-7-9-11-13-15-17-19-28-38-33-24-20-31(21-25-33)35-30-36(40-37-35)32-22-26-34(27-23-32)39-29-18-16-14-12-10-8-6-4-2/h3,20-27,30H,1,4-19,28-29H2,2H3. The highest BCUT2D eigenvalue weighted by molar-refractivity contribution is 5.67. The fourth-order valence-corrected chi connectivity index (χ4v) is 4.88. The zero-order valence-electron chi connectivity index (χ0n) is 24.9. The van der Waals surface area contributed by atoms with E-state index in [0.717, 1.165) is 66.6 Å². The Bertz CT molecular complexity index is 1040.